The highest BCUT2D eigenvalue weighted by molar-refractivity contribution is 7.91. The monoisotopic (exact) mass is 298 g/mol. The second-order valence-electron chi connectivity index (χ2n) is 5.06. The van der Waals surface area contributed by atoms with Crippen LogP contribution in [0.2, 0.25) is 0 Å². The lowest BCUT2D eigenvalue weighted by molar-refractivity contribution is 0.279. The molecule has 2 N–H and O–H groups in total. The number of hydrogen-bond acceptors (Lipinski definition) is 4. The molecule has 0 fully saturated rings. The van der Waals surface area contributed by atoms with Gasteiger partial charge in [0.2, 0.25) is 0 Å². The first-order valence-corrected chi connectivity index (χ1v) is 9.06. The Kier molecular flexibility index (Phi) is 7.80. The van der Waals surface area contributed by atoms with E-state index in [4.69, 9.17) is 5.73 Å². The van der Waals surface area contributed by atoms with E-state index in [1.807, 2.05) is 25.1 Å². The molecule has 0 spiro atoms. The maximum absolute atomic E-state index is 11.8. The van der Waals surface area contributed by atoms with Crippen molar-refractivity contribution in [2.45, 2.75) is 26.3 Å². The second-order valence-corrected chi connectivity index (χ2v) is 7.36. The fourth-order valence-corrected chi connectivity index (χ4v) is 3.47. The van der Waals surface area contributed by atoms with E-state index in [2.05, 4.69) is 17.0 Å². The molecule has 1 aromatic carbocycles. The third-order valence-corrected chi connectivity index (χ3v) is 5.00. The molecule has 0 radical (unpaired) electrons. The molecule has 5 heteroatoms. The summed E-state index contributed by atoms with van der Waals surface area (Å²) in [6, 6.07) is 10.1. The van der Waals surface area contributed by atoms with Crippen LogP contribution in [0.4, 0.5) is 0 Å². The van der Waals surface area contributed by atoms with Gasteiger partial charge in [0.25, 0.3) is 0 Å². The molecule has 0 aromatic heterocycles. The van der Waals surface area contributed by atoms with E-state index < -0.39 is 9.84 Å². The normalized spacial score (nSPS) is 11.9. The zero-order valence-corrected chi connectivity index (χ0v) is 13.1. The molecule has 1 rings (SSSR count). The van der Waals surface area contributed by atoms with Gasteiger partial charge in [-0.15, -0.1) is 0 Å². The highest BCUT2D eigenvalue weighted by Crippen LogP contribution is 2.06. The van der Waals surface area contributed by atoms with Crippen molar-refractivity contribution in [3.63, 3.8) is 0 Å². The van der Waals surface area contributed by atoms with Crippen molar-refractivity contribution in [3.05, 3.63) is 35.9 Å². The first-order chi connectivity index (χ1) is 9.57. The van der Waals surface area contributed by atoms with Gasteiger partial charge in [0.05, 0.1) is 5.75 Å². The predicted octanol–water partition coefficient (Wildman–Crippen LogP) is 1.66. The van der Waals surface area contributed by atoms with E-state index in [-0.39, 0.29) is 11.5 Å². The number of nitrogens with zero attached hydrogens (tertiary/aromatic N) is 1. The average Bonchev–Trinajstić information content (AvgIpc) is 2.43. The molecule has 0 atom stereocenters. The zero-order chi connectivity index (χ0) is 14.8. The van der Waals surface area contributed by atoms with E-state index in [0.29, 0.717) is 19.5 Å². The lowest BCUT2D eigenvalue weighted by atomic mass is 10.2. The first-order valence-electron chi connectivity index (χ1n) is 7.24. The van der Waals surface area contributed by atoms with Crippen molar-refractivity contribution in [1.29, 1.82) is 0 Å². The van der Waals surface area contributed by atoms with E-state index in [1.165, 1.54) is 5.56 Å². The van der Waals surface area contributed by atoms with Crippen LogP contribution in [0.15, 0.2) is 30.3 Å². The van der Waals surface area contributed by atoms with Crippen molar-refractivity contribution >= 4 is 9.84 Å². The van der Waals surface area contributed by atoms with Gasteiger partial charge in [-0.25, -0.2) is 8.42 Å². The molecule has 0 aliphatic heterocycles. The largest absolute Gasteiger partial charge is 0.330 e. The van der Waals surface area contributed by atoms with E-state index in [9.17, 15) is 8.42 Å². The van der Waals surface area contributed by atoms with Gasteiger partial charge >= 0.3 is 0 Å². The molecule has 0 aliphatic rings. The number of benzene rings is 1. The Morgan fingerprint density at radius 1 is 1.10 bits per heavy atom. The Balaban J connectivity index is 2.56. The Hall–Kier alpha value is -0.910. The molecule has 114 valence electrons. The van der Waals surface area contributed by atoms with Crippen LogP contribution >= 0.6 is 0 Å². The number of sulfone groups is 1. The van der Waals surface area contributed by atoms with E-state index in [1.54, 1.807) is 0 Å². The fourth-order valence-electron chi connectivity index (χ4n) is 2.11. The third-order valence-electron chi connectivity index (χ3n) is 3.16. The minimum Gasteiger partial charge on any atom is -0.330 e. The van der Waals surface area contributed by atoms with Gasteiger partial charge < -0.3 is 5.73 Å². The van der Waals surface area contributed by atoms with E-state index >= 15 is 0 Å². The minimum absolute atomic E-state index is 0.234. The van der Waals surface area contributed by atoms with Gasteiger partial charge in [-0.3, -0.25) is 4.90 Å². The molecule has 0 unspecified atom stereocenters. The summed E-state index contributed by atoms with van der Waals surface area (Å²) >= 11 is 0. The van der Waals surface area contributed by atoms with Gasteiger partial charge in [-0.1, -0.05) is 37.3 Å². The molecule has 0 heterocycles. The zero-order valence-electron chi connectivity index (χ0n) is 12.3. The summed E-state index contributed by atoms with van der Waals surface area (Å²) in [7, 11) is -2.92. The van der Waals surface area contributed by atoms with Gasteiger partial charge in [0.1, 0.15) is 0 Å². The Morgan fingerprint density at radius 3 is 2.40 bits per heavy atom. The molecule has 0 saturated carbocycles. The van der Waals surface area contributed by atoms with E-state index in [0.717, 1.165) is 19.5 Å². The summed E-state index contributed by atoms with van der Waals surface area (Å²) in [6.45, 7) is 4.73. The highest BCUT2D eigenvalue weighted by Gasteiger charge is 2.13. The number of rotatable bonds is 10. The lowest BCUT2D eigenvalue weighted by Gasteiger charge is -2.22. The lowest BCUT2D eigenvalue weighted by Crippen LogP contribution is -2.31. The second kappa shape index (κ2) is 9.10. The van der Waals surface area contributed by atoms with Crippen molar-refractivity contribution in [1.82, 2.24) is 4.90 Å². The van der Waals surface area contributed by atoms with Gasteiger partial charge in [0.15, 0.2) is 9.84 Å². The summed E-state index contributed by atoms with van der Waals surface area (Å²) in [4.78, 5) is 2.18. The quantitative estimate of drug-likeness (QED) is 0.713. The summed E-state index contributed by atoms with van der Waals surface area (Å²) in [5.74, 6) is 0.515. The van der Waals surface area contributed by atoms with Crippen molar-refractivity contribution in [2.75, 3.05) is 31.1 Å². The summed E-state index contributed by atoms with van der Waals surface area (Å²) < 4.78 is 23.6. The molecular formula is C15H26N2O2S. The third kappa shape index (κ3) is 7.03. The van der Waals surface area contributed by atoms with Crippen LogP contribution in [0.3, 0.4) is 0 Å². The van der Waals surface area contributed by atoms with Crippen molar-refractivity contribution in [2.24, 2.45) is 5.73 Å². The molecule has 1 aromatic rings. The molecule has 0 amide bonds. The maximum atomic E-state index is 11.8. The maximum Gasteiger partial charge on any atom is 0.151 e. The van der Waals surface area contributed by atoms with Crippen LogP contribution in [0, 0.1) is 0 Å². The van der Waals surface area contributed by atoms with Gasteiger partial charge in [0, 0.05) is 18.8 Å². The molecule has 4 nitrogen and oxygen atoms in total. The SMILES string of the molecule is CCCS(=O)(=O)CCN(CCCN)Cc1ccccc1. The molecule has 0 bridgehead atoms. The van der Waals surface area contributed by atoms with Crippen LogP contribution in [-0.2, 0) is 16.4 Å². The predicted molar refractivity (Wildman–Crippen MR) is 84.3 cm³/mol. The topological polar surface area (TPSA) is 63.4 Å². The molecule has 0 aliphatic carbocycles. The molecule has 20 heavy (non-hydrogen) atoms. The van der Waals surface area contributed by atoms with Gasteiger partial charge in [-0.2, -0.15) is 0 Å². The Bertz CT molecular complexity index is 460. The summed E-state index contributed by atoms with van der Waals surface area (Å²) in [5, 5.41) is 0. The number of nitrogens with two attached hydrogens (primary N) is 1. The standard InChI is InChI=1S/C15H26N2O2S/c1-2-12-20(18,19)13-11-17(10-6-9-16)14-15-7-4-3-5-8-15/h3-5,7-8H,2,6,9-14,16H2,1H3. The van der Waals surface area contributed by atoms with Crippen LogP contribution in [0.25, 0.3) is 0 Å². The van der Waals surface area contributed by atoms with Crippen molar-refractivity contribution in [3.8, 4) is 0 Å². The number of hydrogen-bond donors (Lipinski definition) is 1. The Labute approximate surface area is 122 Å². The van der Waals surface area contributed by atoms with Crippen LogP contribution in [0.5, 0.6) is 0 Å². The van der Waals surface area contributed by atoms with Crippen molar-refractivity contribution < 1.29 is 8.42 Å². The van der Waals surface area contributed by atoms with Gasteiger partial charge in [-0.05, 0) is 31.5 Å². The average molecular weight is 298 g/mol. The van der Waals surface area contributed by atoms with Crippen LogP contribution in [-0.4, -0.2) is 44.5 Å². The summed E-state index contributed by atoms with van der Waals surface area (Å²) in [6.07, 6.45) is 1.57. The fraction of sp³-hybridized carbons (Fsp3) is 0.600. The Morgan fingerprint density at radius 2 is 1.80 bits per heavy atom. The minimum atomic E-state index is -2.92. The van der Waals surface area contributed by atoms with Crippen LogP contribution in [0.1, 0.15) is 25.3 Å². The highest BCUT2D eigenvalue weighted by atomic mass is 32.2. The smallest absolute Gasteiger partial charge is 0.151 e. The summed E-state index contributed by atoms with van der Waals surface area (Å²) in [5.41, 5.74) is 6.76. The molecule has 0 saturated heterocycles. The van der Waals surface area contributed by atoms with Crippen LogP contribution < -0.4 is 5.73 Å². The first kappa shape index (κ1) is 17.1. The molecular weight excluding hydrogens is 272 g/mol.